The molecule has 256 valence electrons. The Morgan fingerprint density at radius 3 is 2.49 bits per heavy atom. The molecule has 47 heavy (non-hydrogen) atoms. The third-order valence-corrected chi connectivity index (χ3v) is 11.8. The number of hydrogen-bond acceptors (Lipinski definition) is 4. The maximum Gasteiger partial charge on any atom is 0.317 e. The molecule has 5 atom stereocenters. The number of nitrogens with zero attached hydrogens (tertiary/aromatic N) is 1. The molecule has 2 amide bonds. The van der Waals surface area contributed by atoms with E-state index < -0.39 is 17.1 Å². The van der Waals surface area contributed by atoms with E-state index >= 15 is 0 Å². The van der Waals surface area contributed by atoms with Gasteiger partial charge in [0, 0.05) is 23.4 Å². The van der Waals surface area contributed by atoms with Gasteiger partial charge in [-0.15, -0.1) is 0 Å². The van der Waals surface area contributed by atoms with E-state index in [1.165, 1.54) is 12.0 Å². The van der Waals surface area contributed by atoms with Crippen molar-refractivity contribution in [1.29, 1.82) is 0 Å². The van der Waals surface area contributed by atoms with E-state index in [0.717, 1.165) is 80.0 Å². The van der Waals surface area contributed by atoms with E-state index in [9.17, 15) is 19.8 Å². The van der Waals surface area contributed by atoms with Gasteiger partial charge >= 0.3 is 6.03 Å². The first kappa shape index (κ1) is 35.3. The maximum atomic E-state index is 14.3. The molecule has 2 aromatic rings. The van der Waals surface area contributed by atoms with Crippen LogP contribution in [-0.4, -0.2) is 51.7 Å². The number of carbonyl (C=O) groups excluding carboxylic acids is 2. The summed E-state index contributed by atoms with van der Waals surface area (Å²) in [4.78, 5) is 29.9. The minimum absolute atomic E-state index is 0.0274. The van der Waals surface area contributed by atoms with Crippen LogP contribution >= 0.6 is 0 Å². The predicted molar refractivity (Wildman–Crippen MR) is 190 cm³/mol. The highest BCUT2D eigenvalue weighted by Crippen LogP contribution is 2.59. The summed E-state index contributed by atoms with van der Waals surface area (Å²) in [5.74, 6) is 0.244. The second-order valence-electron chi connectivity index (χ2n) is 15.2. The van der Waals surface area contributed by atoms with Gasteiger partial charge in [-0.2, -0.15) is 0 Å². The lowest BCUT2D eigenvalue weighted by Gasteiger charge is -2.46. The van der Waals surface area contributed by atoms with Gasteiger partial charge in [0.15, 0.2) is 5.78 Å². The van der Waals surface area contributed by atoms with Crippen LogP contribution in [0.1, 0.15) is 144 Å². The number of amides is 2. The van der Waals surface area contributed by atoms with Crippen molar-refractivity contribution in [3.63, 3.8) is 0 Å². The third-order valence-electron chi connectivity index (χ3n) is 11.8. The average Bonchev–Trinajstić information content (AvgIpc) is 3.32. The molecule has 2 bridgehead atoms. The first-order valence-electron chi connectivity index (χ1n) is 18.4. The third kappa shape index (κ3) is 8.03. The minimum atomic E-state index is -1.13. The minimum Gasteiger partial charge on any atom is -0.393 e. The zero-order chi connectivity index (χ0) is 33.6. The highest BCUT2D eigenvalue weighted by atomic mass is 16.3. The Morgan fingerprint density at radius 1 is 1.02 bits per heavy atom. The number of nitrogens with one attached hydrogen (secondary N) is 1. The smallest absolute Gasteiger partial charge is 0.317 e. The topological polar surface area (TPSA) is 89.9 Å². The Labute approximate surface area is 283 Å². The lowest BCUT2D eigenvalue weighted by atomic mass is 9.64. The summed E-state index contributed by atoms with van der Waals surface area (Å²) in [6, 6.07) is 16.0. The number of carbonyl (C=O) groups is 2. The zero-order valence-electron chi connectivity index (χ0n) is 29.3. The Balaban J connectivity index is 1.51. The number of aliphatic hydroxyl groups excluding tert-OH is 1. The molecule has 2 fully saturated rings. The van der Waals surface area contributed by atoms with Crippen molar-refractivity contribution in [3.8, 4) is 0 Å². The Kier molecular flexibility index (Phi) is 11.7. The molecule has 0 aliphatic heterocycles. The van der Waals surface area contributed by atoms with Gasteiger partial charge < -0.3 is 20.4 Å². The quantitative estimate of drug-likeness (QED) is 0.199. The van der Waals surface area contributed by atoms with Gasteiger partial charge in [0.1, 0.15) is 0 Å². The molecule has 0 radical (unpaired) electrons. The van der Waals surface area contributed by atoms with Crippen molar-refractivity contribution in [3.05, 3.63) is 82.4 Å². The number of urea groups is 1. The average molecular weight is 643 g/mol. The van der Waals surface area contributed by atoms with E-state index in [1.54, 1.807) is 0 Å². The fourth-order valence-corrected chi connectivity index (χ4v) is 8.74. The number of Topliss-reactive ketones (excluding diaryl/α,β-unsaturated/α-hetero) is 1. The van der Waals surface area contributed by atoms with Crippen LogP contribution in [0.15, 0.2) is 60.2 Å². The maximum absolute atomic E-state index is 14.3. The van der Waals surface area contributed by atoms with Gasteiger partial charge in [-0.25, -0.2) is 4.79 Å². The standard InChI is InChI=1S/C41H58N2O4/c1-5-25-43(39(46)42-30(3)32-14-8-6-9-15-32)28-41(47)24-22-37-35-21-19-31(27-36(35)38(45)33-16-10-7-11-17-33)26-34(44)20-18-29(2)13-12-23-40(37,41)4/h6,8-9,13-15,19,21,27,30,33-34,37,44,47H,5,7,10-12,16-18,20,22-26,28H2,1-4H3,(H,42,46)/t30-,34+,37+,40+,41-/m1/s1. The van der Waals surface area contributed by atoms with Crippen molar-refractivity contribution in [2.45, 2.75) is 135 Å². The molecule has 6 heteroatoms. The molecular weight excluding hydrogens is 584 g/mol. The molecule has 0 spiro atoms. The number of benzene rings is 2. The fourth-order valence-electron chi connectivity index (χ4n) is 8.74. The van der Waals surface area contributed by atoms with E-state index in [4.69, 9.17) is 0 Å². The number of rotatable bonds is 8. The summed E-state index contributed by atoms with van der Waals surface area (Å²) in [5.41, 5.74) is 3.46. The molecule has 4 aliphatic rings. The summed E-state index contributed by atoms with van der Waals surface area (Å²) in [5, 5.41) is 26.9. The number of allylic oxidation sites excluding steroid dienone is 2. The highest BCUT2D eigenvalue weighted by molar-refractivity contribution is 5.99. The Bertz CT molecular complexity index is 1400. The van der Waals surface area contributed by atoms with E-state index in [0.29, 0.717) is 25.8 Å². The van der Waals surface area contributed by atoms with Gasteiger partial charge in [-0.05, 0) is 107 Å². The van der Waals surface area contributed by atoms with Crippen LogP contribution < -0.4 is 5.32 Å². The molecular formula is C41H58N2O4. The summed E-state index contributed by atoms with van der Waals surface area (Å²) in [6.45, 7) is 9.22. The lowest BCUT2D eigenvalue weighted by Crippen LogP contribution is -2.55. The predicted octanol–water partition coefficient (Wildman–Crippen LogP) is 8.67. The molecule has 6 nitrogen and oxygen atoms in total. The van der Waals surface area contributed by atoms with Crippen LogP contribution in [0.25, 0.3) is 0 Å². The Morgan fingerprint density at radius 2 is 1.77 bits per heavy atom. The molecule has 2 aromatic carbocycles. The largest absolute Gasteiger partial charge is 0.393 e. The molecule has 3 N–H and O–H groups in total. The van der Waals surface area contributed by atoms with Crippen molar-refractivity contribution in [1.82, 2.24) is 10.2 Å². The van der Waals surface area contributed by atoms with Gasteiger partial charge in [0.2, 0.25) is 0 Å². The second-order valence-corrected chi connectivity index (χ2v) is 15.2. The molecule has 0 aromatic heterocycles. The van der Waals surface area contributed by atoms with E-state index in [2.05, 4.69) is 50.4 Å². The summed E-state index contributed by atoms with van der Waals surface area (Å²) in [7, 11) is 0. The van der Waals surface area contributed by atoms with Crippen LogP contribution in [-0.2, 0) is 6.42 Å². The van der Waals surface area contributed by atoms with Crippen molar-refractivity contribution < 1.29 is 19.8 Å². The van der Waals surface area contributed by atoms with Gasteiger partial charge in [0.25, 0.3) is 0 Å². The summed E-state index contributed by atoms with van der Waals surface area (Å²) >= 11 is 0. The van der Waals surface area contributed by atoms with E-state index in [-0.39, 0.29) is 36.2 Å². The zero-order valence-corrected chi connectivity index (χ0v) is 29.3. The number of hydrogen-bond donors (Lipinski definition) is 3. The van der Waals surface area contributed by atoms with Crippen LogP contribution in [0, 0.1) is 11.3 Å². The highest BCUT2D eigenvalue weighted by Gasteiger charge is 2.57. The SMILES string of the molecule is CCCN(C[C@]1(O)CC[C@H]2c3ccc(cc3C(=O)C3CCCCC3)C[C@@H](O)CCC(C)=CCC[C@@]21C)C(=O)N[C@H](C)c1ccccc1. The number of ketones is 1. The van der Waals surface area contributed by atoms with Crippen LogP contribution in [0.3, 0.4) is 0 Å². The van der Waals surface area contributed by atoms with Crippen LogP contribution in [0.4, 0.5) is 4.79 Å². The first-order valence-corrected chi connectivity index (χ1v) is 18.4. The normalized spacial score (nSPS) is 27.7. The number of fused-ring (bicyclic) bond motifs is 8. The first-order chi connectivity index (χ1) is 22.5. The Hall–Kier alpha value is -2.96. The summed E-state index contributed by atoms with van der Waals surface area (Å²) < 4.78 is 0. The van der Waals surface area contributed by atoms with Crippen molar-refractivity contribution in [2.24, 2.45) is 11.3 Å². The summed E-state index contributed by atoms with van der Waals surface area (Å²) in [6.07, 6.45) is 12.8. The molecule has 0 saturated heterocycles. The molecule has 2 saturated carbocycles. The molecule has 0 unspecified atom stereocenters. The van der Waals surface area contributed by atoms with Gasteiger partial charge in [-0.3, -0.25) is 4.79 Å². The van der Waals surface area contributed by atoms with Gasteiger partial charge in [-0.1, -0.05) is 87.2 Å². The fraction of sp³-hybridized carbons (Fsp3) is 0.610. The second kappa shape index (κ2) is 15.5. The molecule has 6 rings (SSSR count). The molecule has 0 heterocycles. The lowest BCUT2D eigenvalue weighted by molar-refractivity contribution is -0.0770. The van der Waals surface area contributed by atoms with Gasteiger partial charge in [0.05, 0.1) is 24.3 Å². The van der Waals surface area contributed by atoms with Crippen LogP contribution in [0.2, 0.25) is 0 Å². The molecule has 4 aliphatic carbocycles. The monoisotopic (exact) mass is 642 g/mol. The van der Waals surface area contributed by atoms with Crippen molar-refractivity contribution in [2.75, 3.05) is 13.1 Å². The van der Waals surface area contributed by atoms with Crippen LogP contribution in [0.5, 0.6) is 0 Å². The van der Waals surface area contributed by atoms with Crippen molar-refractivity contribution >= 4 is 11.8 Å². The number of aliphatic hydroxyl groups is 2. The van der Waals surface area contributed by atoms with E-state index in [1.807, 2.05) is 42.2 Å².